The molecule has 0 saturated heterocycles. The van der Waals surface area contributed by atoms with E-state index in [9.17, 15) is 18.0 Å². The Morgan fingerprint density at radius 1 is 1.11 bits per heavy atom. The number of esters is 1. The van der Waals surface area contributed by atoms with Crippen molar-refractivity contribution in [1.82, 2.24) is 4.47 Å². The molecule has 0 radical (unpaired) electrons. The maximum absolute atomic E-state index is 12.2. The van der Waals surface area contributed by atoms with Crippen molar-refractivity contribution in [3.05, 3.63) is 59.7 Å². The summed E-state index contributed by atoms with van der Waals surface area (Å²) in [6, 6.07) is 12.4. The third kappa shape index (κ3) is 5.16. The van der Waals surface area contributed by atoms with Crippen molar-refractivity contribution in [3.8, 4) is 0 Å². The van der Waals surface area contributed by atoms with E-state index < -0.39 is 28.0 Å². The molecule has 0 aliphatic carbocycles. The highest BCUT2D eigenvalue weighted by atomic mass is 32.2. The number of anilines is 1. The summed E-state index contributed by atoms with van der Waals surface area (Å²) in [6.45, 7) is 3.35. The van der Waals surface area contributed by atoms with E-state index >= 15 is 0 Å². The highest BCUT2D eigenvalue weighted by Crippen LogP contribution is 2.16. The van der Waals surface area contributed by atoms with Crippen LogP contribution < -0.4 is 5.32 Å². The van der Waals surface area contributed by atoms with E-state index in [2.05, 4.69) is 5.32 Å². The van der Waals surface area contributed by atoms with Gasteiger partial charge in [-0.25, -0.2) is 13.2 Å². The van der Waals surface area contributed by atoms with Gasteiger partial charge in [-0.1, -0.05) is 16.6 Å². The molecule has 28 heavy (non-hydrogen) atoms. The lowest BCUT2D eigenvalue weighted by molar-refractivity contribution is -0.123. The average molecular weight is 406 g/mol. The molecule has 1 amide bonds. The molecule has 9 heteroatoms. The lowest BCUT2D eigenvalue weighted by Crippen LogP contribution is -2.30. The van der Waals surface area contributed by atoms with Gasteiger partial charge in [-0.15, -0.1) is 0 Å². The molecule has 0 spiro atoms. The largest absolute Gasteiger partial charge is 0.449 e. The first-order valence-corrected chi connectivity index (χ1v) is 9.80. The van der Waals surface area contributed by atoms with E-state index in [1.807, 2.05) is 13.0 Å². The van der Waals surface area contributed by atoms with Crippen LogP contribution in [0.5, 0.6) is 0 Å². The summed E-state index contributed by atoms with van der Waals surface area (Å²) in [7, 11) is -1.33. The first kappa shape index (κ1) is 21.5. The second-order valence-corrected chi connectivity index (χ2v) is 7.96. The lowest BCUT2D eigenvalue weighted by Gasteiger charge is -2.15. The van der Waals surface area contributed by atoms with Crippen molar-refractivity contribution in [2.45, 2.75) is 24.8 Å². The molecular weight excluding hydrogens is 384 g/mol. The number of carbonyl (C=O) groups is 2. The van der Waals surface area contributed by atoms with Crippen molar-refractivity contribution >= 4 is 27.6 Å². The Bertz CT molecular complexity index is 957. The predicted octanol–water partition coefficient (Wildman–Crippen LogP) is 2.36. The molecule has 0 bridgehead atoms. The number of hydrogen-bond donors (Lipinski definition) is 1. The zero-order valence-electron chi connectivity index (χ0n) is 16.0. The Morgan fingerprint density at radius 3 is 2.32 bits per heavy atom. The van der Waals surface area contributed by atoms with Crippen LogP contribution in [0.15, 0.2) is 53.4 Å². The maximum Gasteiger partial charge on any atom is 0.338 e. The van der Waals surface area contributed by atoms with Crippen molar-refractivity contribution < 1.29 is 27.6 Å². The Balaban J connectivity index is 2.03. The molecule has 1 N–H and O–H groups in total. The minimum absolute atomic E-state index is 0.0429. The molecule has 0 aromatic heterocycles. The van der Waals surface area contributed by atoms with Gasteiger partial charge in [-0.05, 0) is 55.8 Å². The second-order valence-electron chi connectivity index (χ2n) is 6.03. The minimum atomic E-state index is -3.81. The molecule has 8 nitrogen and oxygen atoms in total. The van der Waals surface area contributed by atoms with Gasteiger partial charge in [0.05, 0.1) is 17.6 Å². The van der Waals surface area contributed by atoms with Gasteiger partial charge in [-0.3, -0.25) is 9.63 Å². The first-order valence-electron chi connectivity index (χ1n) is 8.36. The summed E-state index contributed by atoms with van der Waals surface area (Å²) < 4.78 is 30.1. The number of carbonyl (C=O) groups excluding carboxylic acids is 2. The van der Waals surface area contributed by atoms with E-state index in [4.69, 9.17) is 9.57 Å². The van der Waals surface area contributed by atoms with Gasteiger partial charge in [0.2, 0.25) is 0 Å². The number of aryl methyl sites for hydroxylation is 1. The van der Waals surface area contributed by atoms with Crippen molar-refractivity contribution in [3.63, 3.8) is 0 Å². The van der Waals surface area contributed by atoms with Gasteiger partial charge in [0.25, 0.3) is 15.9 Å². The zero-order valence-corrected chi connectivity index (χ0v) is 16.8. The van der Waals surface area contributed by atoms with Crippen LogP contribution in [0.2, 0.25) is 0 Å². The molecule has 150 valence electrons. The standard InChI is InChI=1S/C19H22N2O6S/c1-13-6-5-7-16(12-13)20-18(22)14(2)27-19(23)15-8-10-17(11-9-15)28(24,25)21(3)26-4/h5-12,14H,1-4H3,(H,20,22)/t14-/m0/s1. The van der Waals surface area contributed by atoms with E-state index in [0.717, 1.165) is 5.56 Å². The van der Waals surface area contributed by atoms with Gasteiger partial charge in [0, 0.05) is 12.7 Å². The van der Waals surface area contributed by atoms with Crippen LogP contribution in [0, 0.1) is 6.92 Å². The number of amides is 1. The van der Waals surface area contributed by atoms with Gasteiger partial charge >= 0.3 is 5.97 Å². The number of benzene rings is 2. The van der Waals surface area contributed by atoms with E-state index in [-0.39, 0.29) is 10.5 Å². The highest BCUT2D eigenvalue weighted by Gasteiger charge is 2.22. The number of sulfonamides is 1. The van der Waals surface area contributed by atoms with Crippen LogP contribution in [0.25, 0.3) is 0 Å². The predicted molar refractivity (Wildman–Crippen MR) is 103 cm³/mol. The molecule has 0 heterocycles. The van der Waals surface area contributed by atoms with Crippen molar-refractivity contribution in [2.75, 3.05) is 19.5 Å². The molecule has 2 aromatic carbocycles. The maximum atomic E-state index is 12.2. The fraction of sp³-hybridized carbons (Fsp3) is 0.263. The highest BCUT2D eigenvalue weighted by molar-refractivity contribution is 7.89. The van der Waals surface area contributed by atoms with Crippen molar-refractivity contribution in [1.29, 1.82) is 0 Å². The van der Waals surface area contributed by atoms with Crippen LogP contribution >= 0.6 is 0 Å². The molecule has 0 fully saturated rings. The fourth-order valence-electron chi connectivity index (χ4n) is 2.26. The molecule has 0 saturated carbocycles. The number of hydrogen-bond acceptors (Lipinski definition) is 6. The van der Waals surface area contributed by atoms with Gasteiger partial charge in [-0.2, -0.15) is 0 Å². The quantitative estimate of drug-likeness (QED) is 0.559. The SMILES string of the molecule is CON(C)S(=O)(=O)c1ccc(C(=O)O[C@@H](C)C(=O)Nc2cccc(C)c2)cc1. The van der Waals surface area contributed by atoms with Crippen LogP contribution in [-0.2, 0) is 24.4 Å². The van der Waals surface area contributed by atoms with Crippen LogP contribution in [0.3, 0.4) is 0 Å². The summed E-state index contributed by atoms with van der Waals surface area (Å²) in [5, 5.41) is 2.67. The summed E-state index contributed by atoms with van der Waals surface area (Å²) in [5.41, 5.74) is 1.70. The Morgan fingerprint density at radius 2 is 1.75 bits per heavy atom. The van der Waals surface area contributed by atoms with Crippen molar-refractivity contribution in [2.24, 2.45) is 0 Å². The minimum Gasteiger partial charge on any atom is -0.449 e. The number of ether oxygens (including phenoxy) is 1. The molecule has 0 aliphatic rings. The number of nitrogens with zero attached hydrogens (tertiary/aromatic N) is 1. The van der Waals surface area contributed by atoms with E-state index in [1.54, 1.807) is 18.2 Å². The third-order valence-corrected chi connectivity index (χ3v) is 5.62. The second kappa shape index (κ2) is 8.96. The van der Waals surface area contributed by atoms with E-state index in [0.29, 0.717) is 10.2 Å². The number of rotatable bonds is 7. The van der Waals surface area contributed by atoms with Crippen LogP contribution in [0.1, 0.15) is 22.8 Å². The fourth-order valence-corrected chi connectivity index (χ4v) is 3.23. The molecule has 2 rings (SSSR count). The molecule has 0 aliphatic heterocycles. The van der Waals surface area contributed by atoms with Gasteiger partial charge in [0.15, 0.2) is 6.10 Å². The number of nitrogens with one attached hydrogen (secondary N) is 1. The monoisotopic (exact) mass is 406 g/mol. The summed E-state index contributed by atoms with van der Waals surface area (Å²) in [4.78, 5) is 29.1. The number of hydroxylamine groups is 1. The zero-order chi connectivity index (χ0) is 20.9. The topological polar surface area (TPSA) is 102 Å². The summed E-state index contributed by atoms with van der Waals surface area (Å²) in [5.74, 6) is -1.21. The van der Waals surface area contributed by atoms with E-state index in [1.165, 1.54) is 45.3 Å². The van der Waals surface area contributed by atoms with Crippen LogP contribution in [-0.4, -0.2) is 45.0 Å². The van der Waals surface area contributed by atoms with Gasteiger partial charge in [0.1, 0.15) is 0 Å². The molecular formula is C19H22N2O6S. The summed E-state index contributed by atoms with van der Waals surface area (Å²) >= 11 is 0. The van der Waals surface area contributed by atoms with Gasteiger partial charge < -0.3 is 10.1 Å². The Kier molecular flexibility index (Phi) is 6.90. The smallest absolute Gasteiger partial charge is 0.338 e. The average Bonchev–Trinajstić information content (AvgIpc) is 2.67. The van der Waals surface area contributed by atoms with Crippen LogP contribution in [0.4, 0.5) is 5.69 Å². The lowest BCUT2D eigenvalue weighted by atomic mass is 10.2. The Hall–Kier alpha value is -2.75. The summed E-state index contributed by atoms with van der Waals surface area (Å²) in [6.07, 6.45) is -1.03. The normalized spacial score (nSPS) is 12.5. The first-order chi connectivity index (χ1) is 13.1. The third-order valence-electron chi connectivity index (χ3n) is 3.92. The Labute approximate surface area is 164 Å². The molecule has 1 atom stereocenters. The molecule has 2 aromatic rings. The molecule has 0 unspecified atom stereocenters.